The molecule has 1 aliphatic carbocycles. The summed E-state index contributed by atoms with van der Waals surface area (Å²) in [6.07, 6.45) is 1.65. The van der Waals surface area contributed by atoms with Crippen molar-refractivity contribution in [1.82, 2.24) is 4.98 Å². The molecule has 0 bridgehead atoms. The molecule has 3 heteroatoms. The van der Waals surface area contributed by atoms with Crippen LogP contribution in [0.2, 0.25) is 0 Å². The van der Waals surface area contributed by atoms with Crippen molar-refractivity contribution < 1.29 is 9.59 Å². The van der Waals surface area contributed by atoms with E-state index >= 15 is 0 Å². The molecule has 1 heterocycles. The zero-order chi connectivity index (χ0) is 13.4. The van der Waals surface area contributed by atoms with E-state index in [1.165, 1.54) is 0 Å². The highest BCUT2D eigenvalue weighted by atomic mass is 16.2. The zero-order valence-corrected chi connectivity index (χ0v) is 10.4. The quantitative estimate of drug-likeness (QED) is 0.576. The van der Waals surface area contributed by atoms with E-state index in [0.29, 0.717) is 22.4 Å². The average Bonchev–Trinajstić information content (AvgIpc) is 2.72. The molecule has 3 nitrogen and oxygen atoms in total. The van der Waals surface area contributed by atoms with Gasteiger partial charge in [0.25, 0.3) is 0 Å². The Morgan fingerprint density at radius 3 is 2.00 bits per heavy atom. The van der Waals surface area contributed by atoms with Gasteiger partial charge >= 0.3 is 0 Å². The summed E-state index contributed by atoms with van der Waals surface area (Å²) < 4.78 is 0. The molecule has 0 N–H and O–H groups in total. The van der Waals surface area contributed by atoms with Gasteiger partial charge in [-0.15, -0.1) is 0 Å². The highest BCUT2D eigenvalue weighted by molar-refractivity contribution is 6.42. The molecule has 92 valence electrons. The van der Waals surface area contributed by atoms with Gasteiger partial charge in [0.2, 0.25) is 0 Å². The molecule has 1 aromatic heterocycles. The van der Waals surface area contributed by atoms with Crippen LogP contribution in [-0.4, -0.2) is 16.6 Å². The molecule has 0 fully saturated rings. The molecule has 0 unspecified atom stereocenters. The number of allylic oxidation sites excluding steroid dienone is 2. The van der Waals surface area contributed by atoms with E-state index in [1.807, 2.05) is 6.07 Å². The summed E-state index contributed by atoms with van der Waals surface area (Å²) in [6, 6.07) is 12.3. The van der Waals surface area contributed by atoms with Crippen molar-refractivity contribution in [2.45, 2.75) is 6.92 Å². The number of pyridine rings is 1. The second kappa shape index (κ2) is 4.28. The standard InChI is InChI=1S/C16H11NO2/c1-10(13-8-4-5-9-17-13)14-15(18)11-6-2-3-7-12(11)16(14)19/h2-9H,1H3. The lowest BCUT2D eigenvalue weighted by Gasteiger charge is -2.03. The van der Waals surface area contributed by atoms with Gasteiger partial charge in [-0.05, 0) is 24.6 Å². The van der Waals surface area contributed by atoms with Crippen molar-refractivity contribution in [3.8, 4) is 0 Å². The maximum absolute atomic E-state index is 12.3. The molecule has 3 rings (SSSR count). The summed E-state index contributed by atoms with van der Waals surface area (Å²) >= 11 is 0. The third-order valence-corrected chi connectivity index (χ3v) is 3.29. The summed E-state index contributed by atoms with van der Waals surface area (Å²) in [5.41, 5.74) is 2.49. The van der Waals surface area contributed by atoms with Crippen LogP contribution in [0.25, 0.3) is 5.57 Å². The number of rotatable bonds is 1. The van der Waals surface area contributed by atoms with E-state index in [0.717, 1.165) is 0 Å². The first-order chi connectivity index (χ1) is 9.20. The molecule has 1 aromatic carbocycles. The lowest BCUT2D eigenvalue weighted by Crippen LogP contribution is -2.04. The van der Waals surface area contributed by atoms with E-state index < -0.39 is 0 Å². The molecule has 0 spiro atoms. The number of aromatic nitrogens is 1. The van der Waals surface area contributed by atoms with E-state index in [-0.39, 0.29) is 17.1 Å². The second-order valence-electron chi connectivity index (χ2n) is 4.42. The maximum atomic E-state index is 12.3. The third-order valence-electron chi connectivity index (χ3n) is 3.29. The van der Waals surface area contributed by atoms with Crippen LogP contribution in [0.5, 0.6) is 0 Å². The molecule has 0 amide bonds. The smallest absolute Gasteiger partial charge is 0.198 e. The van der Waals surface area contributed by atoms with Gasteiger partial charge in [0.15, 0.2) is 11.6 Å². The first-order valence-electron chi connectivity index (χ1n) is 6.01. The lowest BCUT2D eigenvalue weighted by atomic mass is 10.0. The summed E-state index contributed by atoms with van der Waals surface area (Å²) in [7, 11) is 0. The first-order valence-corrected chi connectivity index (χ1v) is 6.01. The largest absolute Gasteiger partial charge is 0.288 e. The van der Waals surface area contributed by atoms with Gasteiger partial charge in [0.05, 0.1) is 11.3 Å². The fourth-order valence-electron chi connectivity index (χ4n) is 2.30. The SMILES string of the molecule is CC(=C1C(=O)c2ccccc2C1=O)c1ccccn1. The third kappa shape index (κ3) is 1.71. The monoisotopic (exact) mass is 249 g/mol. The molecule has 2 aromatic rings. The number of hydrogen-bond donors (Lipinski definition) is 0. The van der Waals surface area contributed by atoms with Crippen molar-refractivity contribution in [3.63, 3.8) is 0 Å². The second-order valence-corrected chi connectivity index (χ2v) is 4.42. The zero-order valence-electron chi connectivity index (χ0n) is 10.4. The van der Waals surface area contributed by atoms with E-state index in [2.05, 4.69) is 4.98 Å². The van der Waals surface area contributed by atoms with E-state index in [1.54, 1.807) is 49.5 Å². The Hall–Kier alpha value is -2.55. The van der Waals surface area contributed by atoms with Gasteiger partial charge in [-0.3, -0.25) is 14.6 Å². The number of ketones is 2. The topological polar surface area (TPSA) is 47.0 Å². The van der Waals surface area contributed by atoms with Gasteiger partial charge in [0.1, 0.15) is 0 Å². The number of benzene rings is 1. The van der Waals surface area contributed by atoms with Crippen LogP contribution in [0.1, 0.15) is 33.3 Å². The molecule has 0 saturated heterocycles. The first kappa shape index (κ1) is 11.5. The maximum Gasteiger partial charge on any atom is 0.198 e. The predicted octanol–water partition coefficient (Wildman–Crippen LogP) is 2.93. The lowest BCUT2D eigenvalue weighted by molar-refractivity contribution is 0.0990. The highest BCUT2D eigenvalue weighted by Gasteiger charge is 2.34. The fraction of sp³-hybridized carbons (Fsp3) is 0.0625. The Kier molecular flexibility index (Phi) is 2.60. The Morgan fingerprint density at radius 1 is 0.895 bits per heavy atom. The molecular formula is C16H11NO2. The molecular weight excluding hydrogens is 238 g/mol. The number of carbonyl (C=O) groups excluding carboxylic acids is 2. The highest BCUT2D eigenvalue weighted by Crippen LogP contribution is 2.30. The van der Waals surface area contributed by atoms with Gasteiger partial charge in [-0.2, -0.15) is 0 Å². The van der Waals surface area contributed by atoms with Gasteiger partial charge in [-0.1, -0.05) is 30.3 Å². The summed E-state index contributed by atoms with van der Waals surface area (Å²) in [4.78, 5) is 28.8. The summed E-state index contributed by atoms with van der Waals surface area (Å²) in [6.45, 7) is 1.76. The number of hydrogen-bond acceptors (Lipinski definition) is 3. The van der Waals surface area contributed by atoms with Crippen LogP contribution in [0, 0.1) is 0 Å². The van der Waals surface area contributed by atoms with Crippen molar-refractivity contribution in [3.05, 3.63) is 71.1 Å². The fourth-order valence-corrected chi connectivity index (χ4v) is 2.30. The van der Waals surface area contributed by atoms with Crippen molar-refractivity contribution in [2.75, 3.05) is 0 Å². The van der Waals surface area contributed by atoms with E-state index in [4.69, 9.17) is 0 Å². The number of nitrogens with zero attached hydrogens (tertiary/aromatic N) is 1. The number of carbonyl (C=O) groups is 2. The van der Waals surface area contributed by atoms with Gasteiger partial charge in [0, 0.05) is 17.3 Å². The van der Waals surface area contributed by atoms with Crippen LogP contribution < -0.4 is 0 Å². The minimum absolute atomic E-state index is 0.205. The van der Waals surface area contributed by atoms with Crippen LogP contribution in [-0.2, 0) is 0 Å². The molecule has 0 saturated carbocycles. The molecule has 19 heavy (non-hydrogen) atoms. The normalized spacial score (nSPS) is 13.6. The van der Waals surface area contributed by atoms with Crippen molar-refractivity contribution >= 4 is 17.1 Å². The van der Waals surface area contributed by atoms with Gasteiger partial charge < -0.3 is 0 Å². The Bertz CT molecular complexity index is 678. The molecule has 0 aliphatic heterocycles. The van der Waals surface area contributed by atoms with Crippen LogP contribution >= 0.6 is 0 Å². The van der Waals surface area contributed by atoms with Crippen LogP contribution in [0.4, 0.5) is 0 Å². The Balaban J connectivity index is 2.19. The predicted molar refractivity (Wildman–Crippen MR) is 71.9 cm³/mol. The molecule has 0 atom stereocenters. The summed E-state index contributed by atoms with van der Waals surface area (Å²) in [5, 5.41) is 0. The Morgan fingerprint density at radius 2 is 1.47 bits per heavy atom. The van der Waals surface area contributed by atoms with Gasteiger partial charge in [-0.25, -0.2) is 0 Å². The van der Waals surface area contributed by atoms with E-state index in [9.17, 15) is 9.59 Å². The summed E-state index contributed by atoms with van der Waals surface area (Å²) in [5.74, 6) is -0.410. The number of Topliss-reactive ketones (excluding diaryl/α,β-unsaturated/α-hetero) is 2. The average molecular weight is 249 g/mol. The number of fused-ring (bicyclic) bond motifs is 1. The molecule has 0 radical (unpaired) electrons. The van der Waals surface area contributed by atoms with Crippen LogP contribution in [0.15, 0.2) is 54.2 Å². The Labute approximate surface area is 110 Å². The van der Waals surface area contributed by atoms with Crippen molar-refractivity contribution in [1.29, 1.82) is 0 Å². The minimum atomic E-state index is -0.205. The van der Waals surface area contributed by atoms with Crippen LogP contribution in [0.3, 0.4) is 0 Å². The van der Waals surface area contributed by atoms with Crippen molar-refractivity contribution in [2.24, 2.45) is 0 Å². The minimum Gasteiger partial charge on any atom is -0.288 e. The molecule has 1 aliphatic rings.